The monoisotopic (exact) mass is 442 g/mol. The van der Waals surface area contributed by atoms with Crippen molar-refractivity contribution in [3.05, 3.63) is 0 Å². The minimum absolute atomic E-state index is 0.413. The van der Waals surface area contributed by atoms with E-state index in [-0.39, 0.29) is 0 Å². The molecule has 1 fully saturated rings. The second-order valence-electron chi connectivity index (χ2n) is 5.15. The van der Waals surface area contributed by atoms with Gasteiger partial charge < -0.3 is 9.47 Å². The summed E-state index contributed by atoms with van der Waals surface area (Å²) in [5, 5.41) is 0. The van der Waals surface area contributed by atoms with Gasteiger partial charge in [-0.2, -0.15) is 65.9 Å². The van der Waals surface area contributed by atoms with Crippen LogP contribution in [-0.4, -0.2) is 61.2 Å². The molecule has 17 heteroatoms. The lowest BCUT2D eigenvalue weighted by atomic mass is 9.93. The highest BCUT2D eigenvalue weighted by Gasteiger charge is 2.93. The molecule has 2 nitrogen and oxygen atoms in total. The van der Waals surface area contributed by atoms with Crippen molar-refractivity contribution in [3.8, 4) is 0 Å². The molecule has 0 aromatic rings. The van der Waals surface area contributed by atoms with Crippen LogP contribution >= 0.6 is 0 Å². The van der Waals surface area contributed by atoms with Crippen molar-refractivity contribution < 1.29 is 75.3 Å². The summed E-state index contributed by atoms with van der Waals surface area (Å²) in [6, 6.07) is 0. The average Bonchev–Trinajstić information content (AvgIpc) is 3.27. The van der Waals surface area contributed by atoms with Crippen LogP contribution < -0.4 is 0 Å². The molecule has 27 heavy (non-hydrogen) atoms. The van der Waals surface area contributed by atoms with Crippen molar-refractivity contribution in [3.63, 3.8) is 0 Å². The van der Waals surface area contributed by atoms with E-state index in [2.05, 4.69) is 9.47 Å². The van der Waals surface area contributed by atoms with Crippen molar-refractivity contribution in [2.45, 2.75) is 48.0 Å². The second kappa shape index (κ2) is 6.18. The standard InChI is InChI=1S/C10H5F15O2/c11-4(12,5(13,14)7(17,18)9(21,22)23)6(15,16)8(19,20)10(24,25)27-2-3-1-26-3/h3H,1-2H2. The highest BCUT2D eigenvalue weighted by Crippen LogP contribution is 2.62. The van der Waals surface area contributed by atoms with Gasteiger partial charge in [0.2, 0.25) is 0 Å². The van der Waals surface area contributed by atoms with Crippen LogP contribution in [0.5, 0.6) is 0 Å². The van der Waals surface area contributed by atoms with Crippen molar-refractivity contribution in [2.24, 2.45) is 0 Å². The molecule has 1 atom stereocenters. The predicted octanol–water partition coefficient (Wildman–Crippen LogP) is 4.73. The molecule has 1 aliphatic rings. The van der Waals surface area contributed by atoms with E-state index < -0.39 is 61.2 Å². The Morgan fingerprint density at radius 1 is 0.593 bits per heavy atom. The van der Waals surface area contributed by atoms with Crippen LogP contribution in [0.25, 0.3) is 0 Å². The Morgan fingerprint density at radius 2 is 0.926 bits per heavy atom. The van der Waals surface area contributed by atoms with Crippen molar-refractivity contribution in [1.29, 1.82) is 0 Å². The minimum Gasteiger partial charge on any atom is -0.371 e. The highest BCUT2D eigenvalue weighted by molar-refractivity contribution is 5.11. The normalized spacial score (nSPS) is 20.8. The molecule has 0 radical (unpaired) electrons. The maximum atomic E-state index is 13.2. The number of rotatable bonds is 8. The average molecular weight is 442 g/mol. The lowest BCUT2D eigenvalue weighted by molar-refractivity contribution is -0.472. The molecule has 0 N–H and O–H groups in total. The van der Waals surface area contributed by atoms with E-state index in [1.807, 2.05) is 0 Å². The fourth-order valence-electron chi connectivity index (χ4n) is 1.40. The van der Waals surface area contributed by atoms with E-state index in [0.29, 0.717) is 0 Å². The van der Waals surface area contributed by atoms with Crippen molar-refractivity contribution >= 4 is 0 Å². The molecule has 0 aliphatic carbocycles. The van der Waals surface area contributed by atoms with Gasteiger partial charge in [0.25, 0.3) is 0 Å². The summed E-state index contributed by atoms with van der Waals surface area (Å²) in [7, 11) is 0. The van der Waals surface area contributed by atoms with Gasteiger partial charge in [-0.1, -0.05) is 0 Å². The van der Waals surface area contributed by atoms with Crippen LogP contribution in [0.4, 0.5) is 65.9 Å². The SMILES string of the molecule is FC(F)(F)C(F)(F)C(F)(F)C(F)(F)C(F)(F)C(F)(F)C(F)(F)OCC1CO1. The third-order valence-corrected chi connectivity index (χ3v) is 3.15. The third kappa shape index (κ3) is 3.40. The first kappa shape index (κ1) is 23.9. The fourth-order valence-corrected chi connectivity index (χ4v) is 1.40. The van der Waals surface area contributed by atoms with Crippen molar-refractivity contribution in [1.82, 2.24) is 0 Å². The summed E-state index contributed by atoms with van der Waals surface area (Å²) in [4.78, 5) is 0. The van der Waals surface area contributed by atoms with Crippen LogP contribution in [0.2, 0.25) is 0 Å². The molecule has 1 saturated heterocycles. The largest absolute Gasteiger partial charge is 0.460 e. The van der Waals surface area contributed by atoms with Crippen LogP contribution in [0, 0.1) is 0 Å². The fraction of sp³-hybridized carbons (Fsp3) is 1.00. The first-order chi connectivity index (χ1) is 11.6. The van der Waals surface area contributed by atoms with Gasteiger partial charge in [-0.3, -0.25) is 0 Å². The number of hydrogen-bond acceptors (Lipinski definition) is 2. The Kier molecular flexibility index (Phi) is 5.48. The first-order valence-corrected chi connectivity index (χ1v) is 6.17. The third-order valence-electron chi connectivity index (χ3n) is 3.15. The molecule has 0 aromatic carbocycles. The highest BCUT2D eigenvalue weighted by atomic mass is 19.4. The Balaban J connectivity index is 3.35. The number of alkyl halides is 15. The number of halogens is 15. The van der Waals surface area contributed by atoms with Crippen molar-refractivity contribution in [2.75, 3.05) is 13.2 Å². The van der Waals surface area contributed by atoms with Crippen LogP contribution in [-0.2, 0) is 9.47 Å². The molecule has 1 unspecified atom stereocenters. The lowest BCUT2D eigenvalue weighted by Crippen LogP contribution is -2.72. The number of ether oxygens (including phenoxy) is 2. The molecule has 0 aromatic heterocycles. The van der Waals surface area contributed by atoms with E-state index in [1.54, 1.807) is 0 Å². The topological polar surface area (TPSA) is 21.8 Å². The van der Waals surface area contributed by atoms with E-state index in [9.17, 15) is 65.9 Å². The van der Waals surface area contributed by atoms with Crippen LogP contribution in [0.3, 0.4) is 0 Å². The molecule has 1 aliphatic heterocycles. The van der Waals surface area contributed by atoms with Gasteiger partial charge in [0, 0.05) is 0 Å². The van der Waals surface area contributed by atoms with Gasteiger partial charge in [0.15, 0.2) is 0 Å². The molecular formula is C10H5F15O2. The molecule has 162 valence electrons. The summed E-state index contributed by atoms with van der Waals surface area (Å²) in [6.45, 7) is -2.04. The van der Waals surface area contributed by atoms with E-state index >= 15 is 0 Å². The van der Waals surface area contributed by atoms with Crippen LogP contribution in [0.15, 0.2) is 0 Å². The summed E-state index contributed by atoms with van der Waals surface area (Å²) in [6.07, 6.45) is -15.7. The smallest absolute Gasteiger partial charge is 0.371 e. The molecule has 0 amide bonds. The zero-order valence-corrected chi connectivity index (χ0v) is 12.0. The lowest BCUT2D eigenvalue weighted by Gasteiger charge is -2.41. The first-order valence-electron chi connectivity index (χ1n) is 6.17. The maximum absolute atomic E-state index is 13.2. The van der Waals surface area contributed by atoms with Gasteiger partial charge in [-0.15, -0.1) is 0 Å². The zero-order valence-electron chi connectivity index (χ0n) is 12.0. The van der Waals surface area contributed by atoms with Gasteiger partial charge in [-0.25, -0.2) is 0 Å². The summed E-state index contributed by atoms with van der Waals surface area (Å²) < 4.78 is 198. The van der Waals surface area contributed by atoms with E-state index in [0.717, 1.165) is 0 Å². The summed E-state index contributed by atoms with van der Waals surface area (Å²) in [5.74, 6) is -40.3. The van der Waals surface area contributed by atoms with Gasteiger partial charge in [0.05, 0.1) is 13.2 Å². The summed E-state index contributed by atoms with van der Waals surface area (Å²) in [5.41, 5.74) is 0. The molecule has 0 spiro atoms. The molecule has 1 rings (SSSR count). The Bertz CT molecular complexity index is 547. The molecule has 0 saturated carbocycles. The van der Waals surface area contributed by atoms with Gasteiger partial charge >= 0.3 is 41.9 Å². The quantitative estimate of drug-likeness (QED) is 0.401. The van der Waals surface area contributed by atoms with E-state index in [4.69, 9.17) is 0 Å². The van der Waals surface area contributed by atoms with Crippen LogP contribution in [0.1, 0.15) is 0 Å². The van der Waals surface area contributed by atoms with Gasteiger partial charge in [0.1, 0.15) is 6.10 Å². The second-order valence-corrected chi connectivity index (χ2v) is 5.15. The van der Waals surface area contributed by atoms with E-state index in [1.165, 1.54) is 0 Å². The molecule has 1 heterocycles. The predicted molar refractivity (Wildman–Crippen MR) is 51.4 cm³/mol. The van der Waals surface area contributed by atoms with Gasteiger partial charge in [-0.05, 0) is 0 Å². The minimum atomic E-state index is -8.30. The molecular weight excluding hydrogens is 437 g/mol. The Hall–Kier alpha value is -1.13. The number of epoxide rings is 1. The number of hydrogen-bond donors (Lipinski definition) is 0. The Labute approximate surface area is 138 Å². The summed E-state index contributed by atoms with van der Waals surface area (Å²) >= 11 is 0. The molecule has 0 bridgehead atoms. The maximum Gasteiger partial charge on any atom is 0.460 e. The Morgan fingerprint density at radius 3 is 1.26 bits per heavy atom. The zero-order chi connectivity index (χ0) is 21.9.